The molecule has 4 aliphatic carbocycles. The maximum absolute atomic E-state index is 12.7. The van der Waals surface area contributed by atoms with Crippen LogP contribution < -0.4 is 0 Å². The summed E-state index contributed by atoms with van der Waals surface area (Å²) < 4.78 is 36.3. The van der Waals surface area contributed by atoms with Crippen molar-refractivity contribution in [1.82, 2.24) is 0 Å². The van der Waals surface area contributed by atoms with E-state index < -0.39 is 158 Å². The van der Waals surface area contributed by atoms with Crippen molar-refractivity contribution in [3.63, 3.8) is 0 Å². The molecule has 0 aromatic carbocycles. The van der Waals surface area contributed by atoms with E-state index in [2.05, 4.69) is 34.6 Å². The smallest absolute Gasteiger partial charge is 0.187 e. The van der Waals surface area contributed by atoms with E-state index in [1.807, 2.05) is 13.0 Å². The molecule has 0 bridgehead atoms. The minimum Gasteiger partial charge on any atom is -0.394 e. The fraction of sp³-hybridized carbons (Fsp3) is 0.958. The number of ether oxygens (including phenoxy) is 6. The van der Waals surface area contributed by atoms with Crippen LogP contribution in [0, 0.1) is 45.3 Å². The molecule has 0 spiro atoms. The molecule has 3 aliphatic heterocycles. The molecule has 7 fully saturated rings. The highest BCUT2D eigenvalue weighted by molar-refractivity contribution is 5.22. The summed E-state index contributed by atoms with van der Waals surface area (Å²) in [5, 5.41) is 151. The molecule has 20 heteroatoms. The summed E-state index contributed by atoms with van der Waals surface area (Å²) in [6.45, 7) is 12.4. The highest BCUT2D eigenvalue weighted by atomic mass is 16.7. The lowest BCUT2D eigenvalue weighted by Crippen LogP contribution is -2.70. The molecule has 394 valence electrons. The van der Waals surface area contributed by atoms with Crippen molar-refractivity contribution >= 4 is 0 Å². The van der Waals surface area contributed by atoms with Gasteiger partial charge < -0.3 is 99.9 Å². The van der Waals surface area contributed by atoms with Gasteiger partial charge in [0.05, 0.1) is 50.3 Å². The van der Waals surface area contributed by atoms with Crippen LogP contribution in [-0.4, -0.2) is 214 Å². The molecule has 26 atom stereocenters. The van der Waals surface area contributed by atoms with Crippen molar-refractivity contribution in [3.8, 4) is 0 Å². The molecule has 0 amide bonds. The van der Waals surface area contributed by atoms with Crippen LogP contribution in [0.5, 0.6) is 0 Å². The lowest BCUT2D eigenvalue weighted by Gasteiger charge is -2.71. The summed E-state index contributed by atoms with van der Waals surface area (Å²) >= 11 is 0. The van der Waals surface area contributed by atoms with Crippen LogP contribution in [0.25, 0.3) is 0 Å². The summed E-state index contributed by atoms with van der Waals surface area (Å²) in [4.78, 5) is 0. The zero-order valence-corrected chi connectivity index (χ0v) is 40.5. The Morgan fingerprint density at radius 1 is 0.632 bits per heavy atom. The zero-order chi connectivity index (χ0) is 50.2. The van der Waals surface area contributed by atoms with E-state index in [4.69, 9.17) is 28.4 Å². The van der Waals surface area contributed by atoms with E-state index in [0.29, 0.717) is 38.5 Å². The van der Waals surface area contributed by atoms with Crippen LogP contribution in [0.4, 0.5) is 0 Å². The topological polar surface area (TPSA) is 339 Å². The Kier molecular flexibility index (Phi) is 16.4. The predicted octanol–water partition coefficient (Wildman–Crippen LogP) is -2.08. The van der Waals surface area contributed by atoms with Crippen molar-refractivity contribution in [1.29, 1.82) is 0 Å². The number of fused-ring (bicyclic) bond motifs is 5. The second kappa shape index (κ2) is 20.3. The molecule has 7 aliphatic rings. The molecule has 0 radical (unpaired) electrons. The normalized spacial score (nSPS) is 52.7. The number of hydrogen-bond acceptors (Lipinski definition) is 20. The van der Waals surface area contributed by atoms with E-state index in [-0.39, 0.29) is 36.7 Å². The largest absolute Gasteiger partial charge is 0.394 e. The van der Waals surface area contributed by atoms with Crippen LogP contribution in [0.2, 0.25) is 0 Å². The second-order valence-corrected chi connectivity index (χ2v) is 22.9. The number of aliphatic hydroxyl groups is 14. The van der Waals surface area contributed by atoms with Crippen LogP contribution in [-0.2, 0) is 28.4 Å². The Bertz CT molecular complexity index is 1740. The molecule has 3 saturated heterocycles. The first kappa shape index (κ1) is 54.7. The zero-order valence-electron chi connectivity index (χ0n) is 40.5. The summed E-state index contributed by atoms with van der Waals surface area (Å²) in [6, 6.07) is 0. The van der Waals surface area contributed by atoms with E-state index in [1.54, 1.807) is 6.92 Å². The van der Waals surface area contributed by atoms with Gasteiger partial charge in [0.25, 0.3) is 0 Å². The number of rotatable bonds is 14. The highest BCUT2D eigenvalue weighted by Crippen LogP contribution is 2.76. The van der Waals surface area contributed by atoms with Crippen LogP contribution in [0.3, 0.4) is 0 Å². The van der Waals surface area contributed by atoms with E-state index in [9.17, 15) is 71.5 Å². The number of hydrogen-bond donors (Lipinski definition) is 14. The Labute approximate surface area is 398 Å². The van der Waals surface area contributed by atoms with E-state index in [0.717, 1.165) is 12.0 Å². The van der Waals surface area contributed by atoms with Crippen molar-refractivity contribution in [2.24, 2.45) is 45.3 Å². The minimum absolute atomic E-state index is 0.129. The van der Waals surface area contributed by atoms with Crippen molar-refractivity contribution in [2.45, 2.75) is 216 Å². The van der Waals surface area contributed by atoms with Crippen LogP contribution >= 0.6 is 0 Å². The van der Waals surface area contributed by atoms with Gasteiger partial charge in [-0.25, -0.2) is 0 Å². The van der Waals surface area contributed by atoms with Gasteiger partial charge in [-0.3, -0.25) is 0 Å². The average molecular weight is 979 g/mol. The lowest BCUT2D eigenvalue weighted by molar-refractivity contribution is -0.351. The molecule has 0 aromatic rings. The standard InChI is InChI=1S/C48H82O20/c1-21(17-49)9-8-12-47(6,68-43-40(62)37(59)34(56)26(66-43)20-63-41-38(60)35(57)32(54)24(18-50)64-41)22-10-13-46(5)31(22)23(52)15-28-45(46,4)14-11-27-44(2,3)30(16-29(53)48(27,28)7)67-42-39(61)36(58)33(55)25(19-51)65-42/h9,22-43,49-62H,8,10-20H2,1-7H3/b21-9+/t22?,23?,24-,25-,26-,27?,28?,29?,30?,31?,32-,33-,34-,35+,36+,37+,38-,39-,40-,41-,42+,43+,45?,46?,47?,48?/m1/s1. The average Bonchev–Trinajstić information content (AvgIpc) is 3.69. The first-order chi connectivity index (χ1) is 31.8. The molecule has 20 nitrogen and oxygen atoms in total. The lowest BCUT2D eigenvalue weighted by atomic mass is 9.34. The molecular formula is C48H82O20. The maximum atomic E-state index is 12.7. The van der Waals surface area contributed by atoms with Gasteiger partial charge in [0.1, 0.15) is 73.2 Å². The van der Waals surface area contributed by atoms with Gasteiger partial charge in [-0.2, -0.15) is 0 Å². The van der Waals surface area contributed by atoms with Crippen LogP contribution in [0.1, 0.15) is 99.8 Å². The molecule has 3 heterocycles. The Hall–Kier alpha value is -1.06. The molecule has 14 N–H and O–H groups in total. The quantitative estimate of drug-likeness (QED) is 0.0656. The molecule has 11 unspecified atom stereocenters. The fourth-order valence-corrected chi connectivity index (χ4v) is 14.7. The van der Waals surface area contributed by atoms with Crippen LogP contribution in [0.15, 0.2) is 11.6 Å². The monoisotopic (exact) mass is 979 g/mol. The molecular weight excluding hydrogens is 897 g/mol. The SMILES string of the molecule is C/C(=C\CCC(C)(O[C@@H]1O[C@H](CO[C@@H]2O[C@H](CO)[C@@H](O)[C@H](O)[C@H]2O)[C@@H](O)[C@H](O)[C@H]1O)C1CCC2(C)C1C(O)CC1C3(C)C(O)CC(O[C@@H]4O[C@H](CO)[C@@H](O)[C@H](O)[C@H]4O)C(C)(C)C3CCC12C)CO. The third-order valence-electron chi connectivity index (χ3n) is 19.1. The van der Waals surface area contributed by atoms with E-state index >= 15 is 0 Å². The van der Waals surface area contributed by atoms with Gasteiger partial charge in [-0.05, 0) is 98.7 Å². The first-order valence-corrected chi connectivity index (χ1v) is 24.7. The maximum Gasteiger partial charge on any atom is 0.187 e. The predicted molar refractivity (Wildman–Crippen MR) is 236 cm³/mol. The fourth-order valence-electron chi connectivity index (χ4n) is 14.7. The number of allylic oxidation sites excluding steroid dienone is 1. The molecule has 7 rings (SSSR count). The summed E-state index contributed by atoms with van der Waals surface area (Å²) in [7, 11) is 0. The third-order valence-corrected chi connectivity index (χ3v) is 19.1. The third kappa shape index (κ3) is 9.09. The van der Waals surface area contributed by atoms with Gasteiger partial charge >= 0.3 is 0 Å². The minimum atomic E-state index is -1.78. The molecule has 68 heavy (non-hydrogen) atoms. The highest BCUT2D eigenvalue weighted by Gasteiger charge is 2.73. The Balaban J connectivity index is 1.13. The number of aliphatic hydroxyl groups excluding tert-OH is 14. The van der Waals surface area contributed by atoms with Gasteiger partial charge in [0, 0.05) is 11.8 Å². The Morgan fingerprint density at radius 3 is 1.75 bits per heavy atom. The van der Waals surface area contributed by atoms with Gasteiger partial charge in [-0.15, -0.1) is 0 Å². The van der Waals surface area contributed by atoms with Gasteiger partial charge in [0.2, 0.25) is 0 Å². The second-order valence-electron chi connectivity index (χ2n) is 22.9. The van der Waals surface area contributed by atoms with Crippen molar-refractivity contribution in [2.75, 3.05) is 26.4 Å². The molecule has 0 aromatic heterocycles. The Morgan fingerprint density at radius 2 is 1.16 bits per heavy atom. The summed E-state index contributed by atoms with van der Waals surface area (Å²) in [6.07, 6.45) is -19.8. The van der Waals surface area contributed by atoms with Crippen molar-refractivity contribution < 1.29 is 99.9 Å². The summed E-state index contributed by atoms with van der Waals surface area (Å²) in [5.41, 5.74) is -2.67. The van der Waals surface area contributed by atoms with Gasteiger partial charge in [0.15, 0.2) is 18.9 Å². The van der Waals surface area contributed by atoms with Crippen molar-refractivity contribution in [3.05, 3.63) is 11.6 Å². The van der Waals surface area contributed by atoms with Gasteiger partial charge in [-0.1, -0.05) is 46.3 Å². The molecule has 4 saturated carbocycles. The van der Waals surface area contributed by atoms with E-state index in [1.165, 1.54) is 0 Å². The summed E-state index contributed by atoms with van der Waals surface area (Å²) in [5.74, 6) is -0.996. The first-order valence-electron chi connectivity index (χ1n) is 24.7.